The van der Waals surface area contributed by atoms with Crippen molar-refractivity contribution in [1.82, 2.24) is 16.1 Å². The molecule has 1 heterocycles. The maximum atomic E-state index is 10.8. The van der Waals surface area contributed by atoms with Crippen molar-refractivity contribution in [3.63, 3.8) is 0 Å². The first-order valence-corrected chi connectivity index (χ1v) is 3.18. The molecule has 4 amide bonds. The van der Waals surface area contributed by atoms with Crippen molar-refractivity contribution in [3.05, 3.63) is 0 Å². The molecule has 0 aromatic carbocycles. The molecule has 1 rings (SSSR count). The summed E-state index contributed by atoms with van der Waals surface area (Å²) in [6, 6.07) is -1.51. The second-order valence-electron chi connectivity index (χ2n) is 2.25. The predicted octanol–water partition coefficient (Wildman–Crippen LogP) is -1.91. The first-order chi connectivity index (χ1) is 5.63. The normalized spacial score (nSPS) is 21.6. The van der Waals surface area contributed by atoms with Crippen LogP contribution in [0.15, 0.2) is 0 Å². The van der Waals surface area contributed by atoms with E-state index in [0.717, 1.165) is 0 Å². The Morgan fingerprint density at radius 1 is 1.58 bits per heavy atom. The van der Waals surface area contributed by atoms with E-state index in [1.165, 1.54) is 5.48 Å². The van der Waals surface area contributed by atoms with Gasteiger partial charge in [0.1, 0.15) is 6.04 Å². The Kier molecular flexibility index (Phi) is 2.24. The predicted molar refractivity (Wildman–Crippen MR) is 35.0 cm³/mol. The standard InChI is InChI=1S/C5H7N3O4/c9-3(8-12)1-2-4(10)7-5(11)6-2/h2,12H,1H2,(H,8,9)(H2,6,7,10,11)/t2-/m0/s1. The average molecular weight is 173 g/mol. The molecule has 7 heteroatoms. The van der Waals surface area contributed by atoms with Crippen LogP contribution in [0.5, 0.6) is 0 Å². The van der Waals surface area contributed by atoms with Crippen LogP contribution in [0.25, 0.3) is 0 Å². The van der Waals surface area contributed by atoms with Crippen molar-refractivity contribution in [3.8, 4) is 0 Å². The number of nitrogens with one attached hydrogen (secondary N) is 3. The lowest BCUT2D eigenvalue weighted by Gasteiger charge is -2.03. The van der Waals surface area contributed by atoms with Gasteiger partial charge >= 0.3 is 6.03 Å². The summed E-state index contributed by atoms with van der Waals surface area (Å²) in [7, 11) is 0. The van der Waals surface area contributed by atoms with Crippen LogP contribution in [-0.2, 0) is 9.59 Å². The van der Waals surface area contributed by atoms with E-state index < -0.39 is 23.9 Å². The number of carbonyl (C=O) groups is 3. The van der Waals surface area contributed by atoms with Gasteiger partial charge in [-0.05, 0) is 0 Å². The van der Waals surface area contributed by atoms with Crippen molar-refractivity contribution in [2.24, 2.45) is 0 Å². The van der Waals surface area contributed by atoms with Crippen molar-refractivity contribution in [1.29, 1.82) is 0 Å². The smallest absolute Gasteiger partial charge is 0.322 e. The van der Waals surface area contributed by atoms with Gasteiger partial charge in [-0.3, -0.25) is 20.1 Å². The van der Waals surface area contributed by atoms with Gasteiger partial charge in [0.15, 0.2) is 0 Å². The first-order valence-electron chi connectivity index (χ1n) is 3.18. The maximum absolute atomic E-state index is 10.8. The number of carbonyl (C=O) groups excluding carboxylic acids is 3. The summed E-state index contributed by atoms with van der Waals surface area (Å²) in [4.78, 5) is 31.8. The summed E-state index contributed by atoms with van der Waals surface area (Å²) in [5, 5.41) is 12.2. The number of imide groups is 1. The van der Waals surface area contributed by atoms with E-state index in [1.54, 1.807) is 0 Å². The van der Waals surface area contributed by atoms with Crippen LogP contribution in [0.4, 0.5) is 4.79 Å². The average Bonchev–Trinajstić information content (AvgIpc) is 2.30. The highest BCUT2D eigenvalue weighted by Crippen LogP contribution is 1.97. The molecule has 1 saturated heterocycles. The molecule has 1 aliphatic heterocycles. The van der Waals surface area contributed by atoms with E-state index in [2.05, 4.69) is 5.32 Å². The zero-order valence-electron chi connectivity index (χ0n) is 5.96. The molecule has 0 spiro atoms. The minimum absolute atomic E-state index is 0.270. The van der Waals surface area contributed by atoms with E-state index >= 15 is 0 Å². The van der Waals surface area contributed by atoms with Gasteiger partial charge in [0.05, 0.1) is 6.42 Å². The second kappa shape index (κ2) is 3.18. The van der Waals surface area contributed by atoms with Gasteiger partial charge in [0.2, 0.25) is 5.91 Å². The fraction of sp³-hybridized carbons (Fsp3) is 0.400. The van der Waals surface area contributed by atoms with E-state index in [0.29, 0.717) is 0 Å². The number of amides is 4. The monoisotopic (exact) mass is 173 g/mol. The molecule has 0 aromatic heterocycles. The Morgan fingerprint density at radius 2 is 2.25 bits per heavy atom. The van der Waals surface area contributed by atoms with Crippen LogP contribution in [0, 0.1) is 0 Å². The molecule has 0 unspecified atom stereocenters. The number of urea groups is 1. The molecule has 0 aliphatic carbocycles. The fourth-order valence-corrected chi connectivity index (χ4v) is 0.834. The lowest BCUT2D eigenvalue weighted by molar-refractivity contribution is -0.132. The van der Waals surface area contributed by atoms with Crippen LogP contribution in [0.2, 0.25) is 0 Å². The third kappa shape index (κ3) is 1.70. The number of hydrogen-bond acceptors (Lipinski definition) is 4. The van der Waals surface area contributed by atoms with E-state index in [-0.39, 0.29) is 6.42 Å². The molecule has 0 bridgehead atoms. The highest BCUT2D eigenvalue weighted by atomic mass is 16.5. The summed E-state index contributed by atoms with van der Waals surface area (Å²) < 4.78 is 0. The van der Waals surface area contributed by atoms with Gasteiger partial charge in [-0.25, -0.2) is 10.3 Å². The highest BCUT2D eigenvalue weighted by molar-refractivity contribution is 6.05. The Labute approximate surface area is 67.1 Å². The van der Waals surface area contributed by atoms with Gasteiger partial charge in [-0.1, -0.05) is 0 Å². The van der Waals surface area contributed by atoms with Crippen LogP contribution >= 0.6 is 0 Å². The lowest BCUT2D eigenvalue weighted by Crippen LogP contribution is -2.35. The molecule has 66 valence electrons. The molecule has 1 atom stereocenters. The molecule has 12 heavy (non-hydrogen) atoms. The molecule has 4 N–H and O–H groups in total. The van der Waals surface area contributed by atoms with Crippen LogP contribution in [-0.4, -0.2) is 29.1 Å². The fourth-order valence-electron chi connectivity index (χ4n) is 0.834. The van der Waals surface area contributed by atoms with Crippen LogP contribution < -0.4 is 16.1 Å². The van der Waals surface area contributed by atoms with Gasteiger partial charge in [-0.2, -0.15) is 0 Å². The number of hydrogen-bond donors (Lipinski definition) is 4. The third-order valence-electron chi connectivity index (χ3n) is 1.37. The molecule has 0 radical (unpaired) electrons. The Morgan fingerprint density at radius 3 is 2.67 bits per heavy atom. The van der Waals surface area contributed by atoms with E-state index in [4.69, 9.17) is 5.21 Å². The summed E-state index contributed by atoms with van der Waals surface area (Å²) >= 11 is 0. The van der Waals surface area contributed by atoms with Crippen LogP contribution in [0.1, 0.15) is 6.42 Å². The minimum atomic E-state index is -0.885. The van der Waals surface area contributed by atoms with Crippen molar-refractivity contribution >= 4 is 17.8 Å². The van der Waals surface area contributed by atoms with Crippen LogP contribution in [0.3, 0.4) is 0 Å². The molecule has 0 aromatic rings. The maximum Gasteiger partial charge on any atom is 0.322 e. The Hall–Kier alpha value is -1.63. The van der Waals surface area contributed by atoms with E-state index in [1.807, 2.05) is 5.32 Å². The largest absolute Gasteiger partial charge is 0.325 e. The second-order valence-corrected chi connectivity index (χ2v) is 2.25. The number of rotatable bonds is 2. The number of hydroxylamine groups is 1. The quantitative estimate of drug-likeness (QED) is 0.222. The molecular weight excluding hydrogens is 166 g/mol. The molecule has 7 nitrogen and oxygen atoms in total. The van der Waals surface area contributed by atoms with Crippen molar-refractivity contribution < 1.29 is 19.6 Å². The van der Waals surface area contributed by atoms with Gasteiger partial charge < -0.3 is 5.32 Å². The summed E-state index contributed by atoms with van der Waals surface area (Å²) in [6.45, 7) is 0. The highest BCUT2D eigenvalue weighted by Gasteiger charge is 2.30. The zero-order valence-corrected chi connectivity index (χ0v) is 5.96. The SMILES string of the molecule is O=C(C[C@@H]1NC(=O)NC1=O)NO. The molecule has 0 saturated carbocycles. The minimum Gasteiger partial charge on any atom is -0.325 e. The Balaban J connectivity index is 2.48. The van der Waals surface area contributed by atoms with Gasteiger partial charge in [0.25, 0.3) is 5.91 Å². The topological polar surface area (TPSA) is 108 Å². The van der Waals surface area contributed by atoms with Crippen molar-refractivity contribution in [2.45, 2.75) is 12.5 Å². The summed E-state index contributed by atoms with van der Waals surface area (Å²) in [5.74, 6) is -1.29. The van der Waals surface area contributed by atoms with Gasteiger partial charge in [-0.15, -0.1) is 0 Å². The molecular formula is C5H7N3O4. The summed E-state index contributed by atoms with van der Waals surface area (Å²) in [5.41, 5.74) is 1.36. The summed E-state index contributed by atoms with van der Waals surface area (Å²) in [6.07, 6.45) is -0.270. The zero-order chi connectivity index (χ0) is 9.14. The lowest BCUT2D eigenvalue weighted by atomic mass is 10.2. The van der Waals surface area contributed by atoms with Gasteiger partial charge in [0, 0.05) is 0 Å². The Bertz CT molecular complexity index is 239. The third-order valence-corrected chi connectivity index (χ3v) is 1.37. The molecule has 1 aliphatic rings. The van der Waals surface area contributed by atoms with E-state index in [9.17, 15) is 14.4 Å². The molecule has 1 fully saturated rings. The first kappa shape index (κ1) is 8.47. The van der Waals surface area contributed by atoms with Crippen molar-refractivity contribution in [2.75, 3.05) is 0 Å².